The number of esters is 1. The highest BCUT2D eigenvalue weighted by Gasteiger charge is 2.41. The van der Waals surface area contributed by atoms with E-state index in [0.29, 0.717) is 53.9 Å². The molecule has 38 heavy (non-hydrogen) atoms. The first kappa shape index (κ1) is 25.8. The second-order valence-electron chi connectivity index (χ2n) is 9.16. The summed E-state index contributed by atoms with van der Waals surface area (Å²) in [6.07, 6.45) is 0.139. The van der Waals surface area contributed by atoms with Crippen molar-refractivity contribution >= 4 is 34.5 Å². The Balaban J connectivity index is 1.34. The Kier molecular flexibility index (Phi) is 7.42. The fourth-order valence-corrected chi connectivity index (χ4v) is 6.05. The van der Waals surface area contributed by atoms with Crippen molar-refractivity contribution in [2.75, 3.05) is 45.3 Å². The van der Waals surface area contributed by atoms with Gasteiger partial charge in [0.05, 0.1) is 43.6 Å². The summed E-state index contributed by atoms with van der Waals surface area (Å²) in [5, 5.41) is 2.54. The predicted molar refractivity (Wildman–Crippen MR) is 145 cm³/mol. The molecule has 0 aliphatic carbocycles. The number of carbonyl (C=O) groups excluding carboxylic acids is 2. The van der Waals surface area contributed by atoms with E-state index in [1.165, 1.54) is 31.0 Å². The molecule has 1 saturated heterocycles. The fraction of sp³-hybridized carbons (Fsp3) is 0.321. The van der Waals surface area contributed by atoms with Crippen LogP contribution in [-0.2, 0) is 14.3 Å². The van der Waals surface area contributed by atoms with E-state index in [1.807, 2.05) is 39.5 Å². The largest absolute Gasteiger partial charge is 0.495 e. The first-order chi connectivity index (χ1) is 18.4. The number of anilines is 1. The number of halogens is 1. The average molecular weight is 537 g/mol. The van der Waals surface area contributed by atoms with Crippen LogP contribution in [0.5, 0.6) is 5.75 Å². The fourth-order valence-electron chi connectivity index (χ4n) is 5.09. The second-order valence-corrected chi connectivity index (χ2v) is 9.99. The van der Waals surface area contributed by atoms with Crippen molar-refractivity contribution in [3.8, 4) is 5.75 Å². The van der Waals surface area contributed by atoms with E-state index in [0.717, 1.165) is 11.4 Å². The normalized spacial score (nSPS) is 19.2. The zero-order chi connectivity index (χ0) is 26.8. The molecule has 2 aromatic rings. The molecule has 5 rings (SSSR count). The number of amides is 1. The highest BCUT2D eigenvalue weighted by atomic mass is 32.2. The summed E-state index contributed by atoms with van der Waals surface area (Å²) in [4.78, 5) is 36.8. The minimum absolute atomic E-state index is 0.0124. The predicted octanol–water partition coefficient (Wildman–Crippen LogP) is 4.32. The van der Waals surface area contributed by atoms with E-state index in [1.54, 1.807) is 26.2 Å². The van der Waals surface area contributed by atoms with Crippen LogP contribution in [0.3, 0.4) is 0 Å². The number of methoxy groups -OCH3 is 2. The zero-order valence-corrected chi connectivity index (χ0v) is 22.3. The summed E-state index contributed by atoms with van der Waals surface area (Å²) in [5.41, 5.74) is 3.16. The Morgan fingerprint density at radius 2 is 1.84 bits per heavy atom. The van der Waals surface area contributed by atoms with Crippen molar-refractivity contribution in [3.05, 3.63) is 82.3 Å². The number of amidine groups is 1. The highest BCUT2D eigenvalue weighted by Crippen LogP contribution is 2.45. The molecule has 0 saturated carbocycles. The van der Waals surface area contributed by atoms with Gasteiger partial charge in [-0.25, -0.2) is 14.2 Å². The average Bonchev–Trinajstić information content (AvgIpc) is 3.33. The lowest BCUT2D eigenvalue weighted by atomic mass is 9.93. The molecule has 0 bridgehead atoms. The first-order valence-corrected chi connectivity index (χ1v) is 13.2. The van der Waals surface area contributed by atoms with E-state index in [2.05, 4.69) is 9.89 Å². The topological polar surface area (TPSA) is 74.7 Å². The number of benzene rings is 2. The van der Waals surface area contributed by atoms with Gasteiger partial charge in [-0.3, -0.25) is 4.79 Å². The number of fused-ring (bicyclic) bond motifs is 1. The van der Waals surface area contributed by atoms with Crippen molar-refractivity contribution in [2.45, 2.75) is 19.4 Å². The third kappa shape index (κ3) is 4.88. The standard InChI is InChI=1S/C28H29FN4O4S/c1-18-25(27(35)37-3)26(19-7-6-8-20(29)15-19)33-21(17-38-28(33)30-18)16-24(34)32-13-11-31(12-14-32)22-9-4-5-10-23(22)36-2/h4-10,15,17,26H,11-14,16H2,1-3H3/t26-/m0/s1. The molecule has 10 heteroatoms. The van der Waals surface area contributed by atoms with Crippen LogP contribution in [-0.4, -0.2) is 67.2 Å². The minimum Gasteiger partial charge on any atom is -0.495 e. The summed E-state index contributed by atoms with van der Waals surface area (Å²) in [5.74, 6) is -0.142. The summed E-state index contributed by atoms with van der Waals surface area (Å²) in [6, 6.07) is 13.4. The number of allylic oxidation sites excluding steroid dienone is 1. The molecule has 3 aliphatic heterocycles. The van der Waals surface area contributed by atoms with Crippen LogP contribution >= 0.6 is 11.8 Å². The van der Waals surface area contributed by atoms with Crippen LogP contribution < -0.4 is 9.64 Å². The Labute approximate surface area is 225 Å². The van der Waals surface area contributed by atoms with Crippen LogP contribution in [0, 0.1) is 5.82 Å². The van der Waals surface area contributed by atoms with Crippen molar-refractivity contribution in [1.29, 1.82) is 0 Å². The minimum atomic E-state index is -0.651. The molecular formula is C28H29FN4O4S. The molecule has 0 unspecified atom stereocenters. The van der Waals surface area contributed by atoms with Gasteiger partial charge in [0.2, 0.25) is 5.91 Å². The van der Waals surface area contributed by atoms with E-state index in [4.69, 9.17) is 9.47 Å². The van der Waals surface area contributed by atoms with E-state index in [9.17, 15) is 14.0 Å². The van der Waals surface area contributed by atoms with Gasteiger partial charge in [0.1, 0.15) is 11.6 Å². The summed E-state index contributed by atoms with van der Waals surface area (Å²) >= 11 is 1.39. The Bertz CT molecular complexity index is 1350. The lowest BCUT2D eigenvalue weighted by molar-refractivity contribution is -0.136. The van der Waals surface area contributed by atoms with Crippen LogP contribution in [0.15, 0.2) is 75.9 Å². The van der Waals surface area contributed by atoms with Gasteiger partial charge in [0.15, 0.2) is 5.17 Å². The van der Waals surface area contributed by atoms with Crippen molar-refractivity contribution in [1.82, 2.24) is 9.80 Å². The van der Waals surface area contributed by atoms with Crippen LogP contribution in [0.4, 0.5) is 10.1 Å². The van der Waals surface area contributed by atoms with E-state index in [-0.39, 0.29) is 12.3 Å². The molecule has 198 valence electrons. The van der Waals surface area contributed by atoms with Crippen molar-refractivity contribution in [2.24, 2.45) is 4.99 Å². The lowest BCUT2D eigenvalue weighted by Gasteiger charge is -2.38. The molecule has 1 amide bonds. The third-order valence-electron chi connectivity index (χ3n) is 6.96. The number of aliphatic imine (C=N–C) groups is 1. The molecule has 0 N–H and O–H groups in total. The van der Waals surface area contributed by atoms with Crippen molar-refractivity contribution < 1.29 is 23.5 Å². The third-order valence-corrected chi connectivity index (χ3v) is 7.85. The number of ether oxygens (including phenoxy) is 2. The Morgan fingerprint density at radius 1 is 1.08 bits per heavy atom. The maximum Gasteiger partial charge on any atom is 0.338 e. The Hall–Kier alpha value is -3.79. The monoisotopic (exact) mass is 536 g/mol. The highest BCUT2D eigenvalue weighted by molar-refractivity contribution is 8.16. The molecule has 3 heterocycles. The van der Waals surface area contributed by atoms with E-state index >= 15 is 0 Å². The first-order valence-electron chi connectivity index (χ1n) is 12.3. The van der Waals surface area contributed by atoms with Crippen LogP contribution in [0.2, 0.25) is 0 Å². The molecule has 8 nitrogen and oxygen atoms in total. The number of nitrogens with zero attached hydrogens (tertiary/aromatic N) is 4. The van der Waals surface area contributed by atoms with Crippen LogP contribution in [0.1, 0.15) is 24.9 Å². The van der Waals surface area contributed by atoms with Crippen molar-refractivity contribution in [3.63, 3.8) is 0 Å². The van der Waals surface area contributed by atoms with Gasteiger partial charge in [0, 0.05) is 31.9 Å². The maximum absolute atomic E-state index is 14.3. The Morgan fingerprint density at radius 3 is 2.55 bits per heavy atom. The van der Waals surface area contributed by atoms with Gasteiger partial charge in [0.25, 0.3) is 0 Å². The van der Waals surface area contributed by atoms with E-state index < -0.39 is 17.8 Å². The maximum atomic E-state index is 14.3. The SMILES string of the molecule is COC(=O)C1=C(C)N=C2SC=C(CC(=O)N3CCN(c4ccccc4OC)CC3)N2[C@H]1c1cccc(F)c1. The zero-order valence-electron chi connectivity index (χ0n) is 21.5. The van der Waals surface area contributed by atoms with Crippen LogP contribution in [0.25, 0.3) is 0 Å². The number of hydrogen-bond donors (Lipinski definition) is 0. The lowest BCUT2D eigenvalue weighted by Crippen LogP contribution is -2.49. The smallest absolute Gasteiger partial charge is 0.338 e. The van der Waals surface area contributed by atoms with Gasteiger partial charge in [-0.05, 0) is 42.2 Å². The number of rotatable bonds is 6. The quantitative estimate of drug-likeness (QED) is 0.509. The van der Waals surface area contributed by atoms with Gasteiger partial charge in [-0.1, -0.05) is 36.0 Å². The van der Waals surface area contributed by atoms with Gasteiger partial charge < -0.3 is 24.2 Å². The molecule has 2 aromatic carbocycles. The summed E-state index contributed by atoms with van der Waals surface area (Å²) in [7, 11) is 2.97. The summed E-state index contributed by atoms with van der Waals surface area (Å²) in [6.45, 7) is 4.29. The number of thioether (sulfide) groups is 1. The molecule has 3 aliphatic rings. The van der Waals surface area contributed by atoms with Gasteiger partial charge in [-0.2, -0.15) is 0 Å². The second kappa shape index (κ2) is 10.9. The summed E-state index contributed by atoms with van der Waals surface area (Å²) < 4.78 is 24.8. The van der Waals surface area contributed by atoms with Gasteiger partial charge >= 0.3 is 5.97 Å². The molecule has 0 spiro atoms. The molecule has 1 atom stereocenters. The molecule has 0 aromatic heterocycles. The number of carbonyl (C=O) groups is 2. The number of hydrogen-bond acceptors (Lipinski definition) is 8. The number of para-hydroxylation sites is 2. The molecule has 1 fully saturated rings. The molecule has 0 radical (unpaired) electrons. The number of piperazine rings is 1. The van der Waals surface area contributed by atoms with Gasteiger partial charge in [-0.15, -0.1) is 0 Å². The molecular weight excluding hydrogens is 507 g/mol.